The molecule has 1 aliphatic rings. The molecule has 1 rings (SSSR count). The molecule has 0 aromatic heterocycles. The van der Waals surface area contributed by atoms with Gasteiger partial charge in [0.25, 0.3) is 0 Å². The zero-order valence-electron chi connectivity index (χ0n) is 24.7. The molecule has 0 radical (unpaired) electrons. The molecule has 0 spiro atoms. The molecule has 0 aromatic rings. The topological polar surface area (TPSA) is 6.48 Å². The van der Waals surface area contributed by atoms with Gasteiger partial charge in [0.15, 0.2) is 0 Å². The molecule has 0 amide bonds. The Morgan fingerprint density at radius 1 is 0.371 bits per heavy atom. The van der Waals surface area contributed by atoms with E-state index in [9.17, 15) is 0 Å². The summed E-state index contributed by atoms with van der Waals surface area (Å²) in [4.78, 5) is 5.33. The lowest BCUT2D eigenvalue weighted by molar-refractivity contribution is 0.135. The van der Waals surface area contributed by atoms with Gasteiger partial charge < -0.3 is 9.80 Å². The Balaban J connectivity index is 2.04. The average molecular weight is 491 g/mol. The van der Waals surface area contributed by atoms with Crippen molar-refractivity contribution in [2.24, 2.45) is 0 Å². The third kappa shape index (κ3) is 18.3. The fourth-order valence-corrected chi connectivity index (χ4v) is 5.66. The quantitative estimate of drug-likeness (QED) is 0.106. The second-order valence-electron chi connectivity index (χ2n) is 11.5. The highest BCUT2D eigenvalue weighted by molar-refractivity contribution is 4.97. The lowest BCUT2D eigenvalue weighted by Crippen LogP contribution is -2.39. The van der Waals surface area contributed by atoms with Gasteiger partial charge in [-0.1, -0.05) is 156 Å². The van der Waals surface area contributed by atoms with E-state index in [-0.39, 0.29) is 0 Å². The summed E-state index contributed by atoms with van der Waals surface area (Å²) in [7, 11) is 0. The first kappa shape index (κ1) is 32.4. The molecular formula is C33H66N2. The van der Waals surface area contributed by atoms with Crippen LogP contribution < -0.4 is 0 Å². The normalized spacial score (nSPS) is 15.6. The molecule has 35 heavy (non-hydrogen) atoms. The predicted molar refractivity (Wildman–Crippen MR) is 159 cm³/mol. The number of nitrogens with zero attached hydrogens (tertiary/aromatic N) is 2. The highest BCUT2D eigenvalue weighted by Gasteiger charge is 2.24. The van der Waals surface area contributed by atoms with Crippen LogP contribution in [0.2, 0.25) is 0 Å². The maximum atomic E-state index is 2.67. The van der Waals surface area contributed by atoms with Crippen molar-refractivity contribution in [1.82, 2.24) is 9.80 Å². The van der Waals surface area contributed by atoms with Crippen molar-refractivity contribution in [3.63, 3.8) is 0 Å². The van der Waals surface area contributed by atoms with Crippen LogP contribution in [0.5, 0.6) is 0 Å². The van der Waals surface area contributed by atoms with Gasteiger partial charge >= 0.3 is 0 Å². The Morgan fingerprint density at radius 2 is 0.657 bits per heavy atom. The molecule has 0 bridgehead atoms. The molecule has 0 N–H and O–H groups in total. The monoisotopic (exact) mass is 491 g/mol. The molecule has 1 aliphatic heterocycles. The van der Waals surface area contributed by atoms with Crippen LogP contribution in [0.3, 0.4) is 0 Å². The van der Waals surface area contributed by atoms with Crippen LogP contribution in [0.4, 0.5) is 0 Å². The summed E-state index contributed by atoms with van der Waals surface area (Å²) in [6.07, 6.45) is 41.1. The zero-order valence-corrected chi connectivity index (χ0v) is 24.7. The van der Waals surface area contributed by atoms with Gasteiger partial charge in [-0.15, -0.1) is 0 Å². The van der Waals surface area contributed by atoms with E-state index in [1.165, 1.54) is 174 Å². The maximum absolute atomic E-state index is 2.67. The van der Waals surface area contributed by atoms with Gasteiger partial charge in [0.1, 0.15) is 6.17 Å². The van der Waals surface area contributed by atoms with E-state index < -0.39 is 0 Å². The maximum Gasteiger partial charge on any atom is 0.101 e. The SMILES string of the molecule is CCCCCCCCCCCCCCCCCCC1N(CCCCC)C=CN1CCCCCCC. The summed E-state index contributed by atoms with van der Waals surface area (Å²) in [6, 6.07) is 0. The first-order valence-corrected chi connectivity index (χ1v) is 16.5. The van der Waals surface area contributed by atoms with Gasteiger partial charge in [0, 0.05) is 25.5 Å². The smallest absolute Gasteiger partial charge is 0.101 e. The fourth-order valence-electron chi connectivity index (χ4n) is 5.66. The fraction of sp³-hybridized carbons (Fsp3) is 0.939. The molecule has 0 fully saturated rings. The van der Waals surface area contributed by atoms with E-state index in [4.69, 9.17) is 0 Å². The Labute approximate surface area is 222 Å². The second-order valence-corrected chi connectivity index (χ2v) is 11.5. The first-order chi connectivity index (χ1) is 17.3. The van der Waals surface area contributed by atoms with Crippen molar-refractivity contribution in [2.75, 3.05) is 13.1 Å². The van der Waals surface area contributed by atoms with Crippen molar-refractivity contribution in [2.45, 2.75) is 187 Å². The van der Waals surface area contributed by atoms with Crippen LogP contribution in [0, 0.1) is 0 Å². The molecular weight excluding hydrogens is 424 g/mol. The van der Waals surface area contributed by atoms with Gasteiger partial charge in [-0.3, -0.25) is 0 Å². The third-order valence-corrected chi connectivity index (χ3v) is 8.07. The Kier molecular flexibility index (Phi) is 23.1. The molecule has 1 atom stereocenters. The van der Waals surface area contributed by atoms with E-state index in [1.807, 2.05) is 0 Å². The van der Waals surface area contributed by atoms with E-state index in [0.29, 0.717) is 6.17 Å². The standard InChI is InChI=1S/C33H66N2/c1-4-7-10-12-13-14-15-16-17-18-19-20-21-22-23-25-28-33-34(29-26-9-6-3)31-32-35(33)30-27-24-11-8-5-2/h31-33H,4-30H2,1-3H3. The molecule has 1 heterocycles. The predicted octanol–water partition coefficient (Wildman–Crippen LogP) is 11.2. The number of hydrogen-bond donors (Lipinski definition) is 0. The van der Waals surface area contributed by atoms with Gasteiger partial charge in [0.2, 0.25) is 0 Å². The van der Waals surface area contributed by atoms with E-state index in [2.05, 4.69) is 43.0 Å². The highest BCUT2D eigenvalue weighted by Crippen LogP contribution is 2.23. The minimum Gasteiger partial charge on any atom is -0.356 e. The van der Waals surface area contributed by atoms with Crippen LogP contribution in [-0.4, -0.2) is 29.1 Å². The molecule has 2 nitrogen and oxygen atoms in total. The van der Waals surface area contributed by atoms with Crippen molar-refractivity contribution < 1.29 is 0 Å². The van der Waals surface area contributed by atoms with Gasteiger partial charge in [0.05, 0.1) is 0 Å². The summed E-state index contributed by atoms with van der Waals surface area (Å²) in [5.41, 5.74) is 0. The van der Waals surface area contributed by atoms with Crippen molar-refractivity contribution in [3.8, 4) is 0 Å². The summed E-state index contributed by atoms with van der Waals surface area (Å²) in [5.74, 6) is 0. The van der Waals surface area contributed by atoms with E-state index in [0.717, 1.165) is 0 Å². The summed E-state index contributed by atoms with van der Waals surface area (Å²) >= 11 is 0. The molecule has 0 aliphatic carbocycles. The molecule has 0 saturated carbocycles. The van der Waals surface area contributed by atoms with Gasteiger partial charge in [-0.05, 0) is 25.7 Å². The summed E-state index contributed by atoms with van der Waals surface area (Å²) in [5, 5.41) is 0. The number of hydrogen-bond acceptors (Lipinski definition) is 2. The third-order valence-electron chi connectivity index (χ3n) is 8.07. The van der Waals surface area contributed by atoms with E-state index >= 15 is 0 Å². The van der Waals surface area contributed by atoms with Crippen molar-refractivity contribution >= 4 is 0 Å². The molecule has 0 aromatic carbocycles. The Hall–Kier alpha value is -0.660. The molecule has 0 saturated heterocycles. The van der Waals surface area contributed by atoms with Crippen LogP contribution in [-0.2, 0) is 0 Å². The van der Waals surface area contributed by atoms with E-state index in [1.54, 1.807) is 0 Å². The van der Waals surface area contributed by atoms with Crippen molar-refractivity contribution in [3.05, 3.63) is 12.4 Å². The number of rotatable bonds is 27. The van der Waals surface area contributed by atoms with Crippen LogP contribution in [0.15, 0.2) is 12.4 Å². The molecule has 1 unspecified atom stereocenters. The average Bonchev–Trinajstić information content (AvgIpc) is 3.25. The number of unbranched alkanes of at least 4 members (excludes halogenated alkanes) is 21. The van der Waals surface area contributed by atoms with Crippen LogP contribution in [0.1, 0.15) is 181 Å². The molecule has 208 valence electrons. The minimum atomic E-state index is 0.643. The summed E-state index contributed by atoms with van der Waals surface area (Å²) in [6.45, 7) is 9.44. The zero-order chi connectivity index (χ0) is 25.2. The van der Waals surface area contributed by atoms with Crippen LogP contribution in [0.25, 0.3) is 0 Å². The Bertz CT molecular complexity index is 446. The largest absolute Gasteiger partial charge is 0.356 e. The highest BCUT2D eigenvalue weighted by atomic mass is 15.4. The first-order valence-electron chi connectivity index (χ1n) is 16.5. The molecule has 2 heteroatoms. The Morgan fingerprint density at radius 3 is 1.06 bits per heavy atom. The van der Waals surface area contributed by atoms with Crippen molar-refractivity contribution in [1.29, 1.82) is 0 Å². The van der Waals surface area contributed by atoms with Gasteiger partial charge in [-0.2, -0.15) is 0 Å². The van der Waals surface area contributed by atoms with Gasteiger partial charge in [-0.25, -0.2) is 0 Å². The summed E-state index contributed by atoms with van der Waals surface area (Å²) < 4.78 is 0. The lowest BCUT2D eigenvalue weighted by atomic mass is 10.0. The lowest BCUT2D eigenvalue weighted by Gasteiger charge is -2.33. The van der Waals surface area contributed by atoms with Crippen LogP contribution >= 0.6 is 0 Å². The minimum absolute atomic E-state index is 0.643. The second kappa shape index (κ2) is 25.0.